The number of ether oxygens (including phenoxy) is 1. The van der Waals surface area contributed by atoms with Crippen molar-refractivity contribution >= 4 is 29.3 Å². The molecule has 1 aliphatic heterocycles. The van der Waals surface area contributed by atoms with Crippen molar-refractivity contribution in [3.05, 3.63) is 53.6 Å². The van der Waals surface area contributed by atoms with Crippen LogP contribution in [-0.4, -0.2) is 48.7 Å². The predicted molar refractivity (Wildman–Crippen MR) is 121 cm³/mol. The van der Waals surface area contributed by atoms with E-state index in [0.717, 1.165) is 29.3 Å². The molecule has 160 valence electrons. The van der Waals surface area contributed by atoms with Gasteiger partial charge in [-0.05, 0) is 55.9 Å². The Balaban J connectivity index is 1.76. The molecule has 1 heterocycles. The molecule has 0 aromatic heterocycles. The number of benzene rings is 2. The normalized spacial score (nSPS) is 16.6. The molecule has 2 atom stereocenters. The number of anilines is 1. The number of carbonyl (C=O) groups is 2. The lowest BCUT2D eigenvalue weighted by atomic mass is 10.0. The molecular weight excluding hydrogens is 398 g/mol. The third kappa shape index (κ3) is 4.96. The Labute approximate surface area is 182 Å². The van der Waals surface area contributed by atoms with E-state index in [2.05, 4.69) is 35.4 Å². The van der Waals surface area contributed by atoms with Gasteiger partial charge in [0.25, 0.3) is 5.91 Å². The number of fused-ring (bicyclic) bond motifs is 1. The van der Waals surface area contributed by atoms with Gasteiger partial charge >= 0.3 is 0 Å². The molecule has 30 heavy (non-hydrogen) atoms. The van der Waals surface area contributed by atoms with E-state index >= 15 is 0 Å². The quantitative estimate of drug-likeness (QED) is 0.668. The lowest BCUT2D eigenvalue weighted by Crippen LogP contribution is -2.38. The molecule has 0 aliphatic carbocycles. The van der Waals surface area contributed by atoms with E-state index in [4.69, 9.17) is 4.74 Å². The van der Waals surface area contributed by atoms with Crippen molar-refractivity contribution in [1.82, 2.24) is 10.2 Å². The highest BCUT2D eigenvalue weighted by molar-refractivity contribution is 8.00. The average molecular weight is 428 g/mol. The molecule has 0 saturated carbocycles. The lowest BCUT2D eigenvalue weighted by Gasteiger charge is -2.30. The number of carbonyl (C=O) groups excluding carboxylic acids is 2. The highest BCUT2D eigenvalue weighted by Crippen LogP contribution is 2.36. The van der Waals surface area contributed by atoms with Crippen molar-refractivity contribution in [2.45, 2.75) is 37.0 Å². The Morgan fingerprint density at radius 3 is 2.70 bits per heavy atom. The van der Waals surface area contributed by atoms with Crippen molar-refractivity contribution < 1.29 is 14.3 Å². The third-order valence-electron chi connectivity index (χ3n) is 5.36. The second-order valence-corrected chi connectivity index (χ2v) is 8.57. The summed E-state index contributed by atoms with van der Waals surface area (Å²) in [7, 11) is 1.65. The topological polar surface area (TPSA) is 70.7 Å². The van der Waals surface area contributed by atoms with Crippen LogP contribution in [0.2, 0.25) is 0 Å². The Morgan fingerprint density at radius 1 is 1.23 bits per heavy atom. The molecule has 2 aromatic carbocycles. The first-order valence-corrected chi connectivity index (χ1v) is 11.1. The summed E-state index contributed by atoms with van der Waals surface area (Å²) in [6, 6.07) is 13.5. The zero-order valence-electron chi connectivity index (χ0n) is 17.9. The molecular formula is C23H29N3O3S. The van der Waals surface area contributed by atoms with Gasteiger partial charge in [0.15, 0.2) is 0 Å². The van der Waals surface area contributed by atoms with Crippen LogP contribution in [0.1, 0.15) is 42.7 Å². The molecule has 3 rings (SSSR count). The van der Waals surface area contributed by atoms with E-state index in [0.29, 0.717) is 17.8 Å². The molecule has 0 fully saturated rings. The number of nitrogens with one attached hydrogen (secondary N) is 2. The Morgan fingerprint density at radius 2 is 2.00 bits per heavy atom. The Kier molecular flexibility index (Phi) is 7.39. The first kappa shape index (κ1) is 22.2. The monoisotopic (exact) mass is 427 g/mol. The van der Waals surface area contributed by atoms with E-state index < -0.39 is 0 Å². The summed E-state index contributed by atoms with van der Waals surface area (Å²) in [6.45, 7) is 8.31. The lowest BCUT2D eigenvalue weighted by molar-refractivity contribution is -0.115. The summed E-state index contributed by atoms with van der Waals surface area (Å²) in [4.78, 5) is 28.1. The van der Waals surface area contributed by atoms with Crippen molar-refractivity contribution in [3.63, 3.8) is 0 Å². The number of hydrogen-bond acceptors (Lipinski definition) is 5. The van der Waals surface area contributed by atoms with Gasteiger partial charge in [-0.25, -0.2) is 0 Å². The Hall–Kier alpha value is -2.51. The summed E-state index contributed by atoms with van der Waals surface area (Å²) >= 11 is 1.51. The number of rotatable bonds is 8. The number of nitrogens with zero attached hydrogens (tertiary/aromatic N) is 1. The van der Waals surface area contributed by atoms with Gasteiger partial charge in [-0.3, -0.25) is 14.5 Å². The van der Waals surface area contributed by atoms with Crippen LogP contribution in [0.15, 0.2) is 47.4 Å². The largest absolute Gasteiger partial charge is 0.497 e. The Bertz CT molecular complexity index is 914. The van der Waals surface area contributed by atoms with Crippen LogP contribution >= 0.6 is 11.8 Å². The minimum atomic E-state index is -0.157. The van der Waals surface area contributed by atoms with Crippen LogP contribution in [0.25, 0.3) is 0 Å². The smallest absolute Gasteiger partial charge is 0.251 e. The van der Waals surface area contributed by atoms with Gasteiger partial charge in [0.2, 0.25) is 5.91 Å². The van der Waals surface area contributed by atoms with E-state index in [9.17, 15) is 9.59 Å². The first-order chi connectivity index (χ1) is 14.5. The number of thioether (sulfide) groups is 1. The third-order valence-corrected chi connectivity index (χ3v) is 6.54. The second-order valence-electron chi connectivity index (χ2n) is 7.18. The van der Waals surface area contributed by atoms with Crippen LogP contribution in [0.3, 0.4) is 0 Å². The first-order valence-electron chi connectivity index (χ1n) is 10.2. The van der Waals surface area contributed by atoms with Gasteiger partial charge in [0.05, 0.1) is 24.1 Å². The van der Waals surface area contributed by atoms with Crippen LogP contribution in [0.5, 0.6) is 5.75 Å². The van der Waals surface area contributed by atoms with Gasteiger partial charge < -0.3 is 15.4 Å². The highest BCUT2D eigenvalue weighted by Gasteiger charge is 2.24. The van der Waals surface area contributed by atoms with Crippen molar-refractivity contribution in [2.75, 3.05) is 32.1 Å². The van der Waals surface area contributed by atoms with Gasteiger partial charge in [0.1, 0.15) is 5.75 Å². The molecule has 2 N–H and O–H groups in total. The summed E-state index contributed by atoms with van der Waals surface area (Å²) in [5.74, 6) is 0.605. The SMILES string of the molecule is CCN(CC)[C@@H](CNC(=O)c1ccc2c(c1)NC(=O)[C@@H](C)S2)c1cccc(OC)c1. The molecule has 0 radical (unpaired) electrons. The minimum Gasteiger partial charge on any atom is -0.497 e. The van der Waals surface area contributed by atoms with Gasteiger partial charge in [-0.2, -0.15) is 0 Å². The number of hydrogen-bond donors (Lipinski definition) is 2. The van der Waals surface area contributed by atoms with Crippen LogP contribution in [-0.2, 0) is 4.79 Å². The minimum absolute atomic E-state index is 0.0350. The van der Waals surface area contributed by atoms with Crippen molar-refractivity contribution in [3.8, 4) is 5.75 Å². The second kappa shape index (κ2) is 10.00. The van der Waals surface area contributed by atoms with E-state index in [-0.39, 0.29) is 23.1 Å². The number of likely N-dealkylation sites (N-methyl/N-ethyl adjacent to an activating group) is 1. The van der Waals surface area contributed by atoms with E-state index in [1.54, 1.807) is 13.2 Å². The number of amides is 2. The maximum absolute atomic E-state index is 12.9. The van der Waals surface area contributed by atoms with E-state index in [1.165, 1.54) is 11.8 Å². The van der Waals surface area contributed by atoms with E-state index in [1.807, 2.05) is 37.3 Å². The van der Waals surface area contributed by atoms with Gasteiger partial charge in [0, 0.05) is 17.0 Å². The molecule has 0 saturated heterocycles. The maximum Gasteiger partial charge on any atom is 0.251 e. The standard InChI is InChI=1S/C23H29N3O3S/c1-5-26(6-2)20(16-8-7-9-18(12-16)29-4)14-24-23(28)17-10-11-21-19(13-17)25-22(27)15(3)30-21/h7-13,15,20H,5-6,14H2,1-4H3,(H,24,28)(H,25,27)/t15-,20+/m1/s1. The summed E-state index contributed by atoms with van der Waals surface area (Å²) < 4.78 is 5.37. The molecule has 1 aliphatic rings. The molecule has 0 spiro atoms. The van der Waals surface area contributed by atoms with Crippen LogP contribution in [0, 0.1) is 0 Å². The van der Waals surface area contributed by atoms with Crippen LogP contribution in [0.4, 0.5) is 5.69 Å². The van der Waals surface area contributed by atoms with Crippen LogP contribution < -0.4 is 15.4 Å². The fourth-order valence-electron chi connectivity index (χ4n) is 3.61. The molecule has 7 heteroatoms. The fourth-order valence-corrected chi connectivity index (χ4v) is 4.54. The zero-order chi connectivity index (χ0) is 21.7. The molecule has 6 nitrogen and oxygen atoms in total. The molecule has 2 aromatic rings. The van der Waals surface area contributed by atoms with Crippen molar-refractivity contribution in [1.29, 1.82) is 0 Å². The van der Waals surface area contributed by atoms with Crippen molar-refractivity contribution in [2.24, 2.45) is 0 Å². The average Bonchev–Trinajstić information content (AvgIpc) is 2.77. The summed E-state index contributed by atoms with van der Waals surface area (Å²) in [6.07, 6.45) is 0. The summed E-state index contributed by atoms with van der Waals surface area (Å²) in [5, 5.41) is 5.82. The zero-order valence-corrected chi connectivity index (χ0v) is 18.7. The van der Waals surface area contributed by atoms with Gasteiger partial charge in [-0.1, -0.05) is 26.0 Å². The highest BCUT2D eigenvalue weighted by atomic mass is 32.2. The fraction of sp³-hybridized carbons (Fsp3) is 0.391. The molecule has 2 amide bonds. The van der Waals surface area contributed by atoms with Gasteiger partial charge in [-0.15, -0.1) is 11.8 Å². The predicted octanol–water partition coefficient (Wildman–Crippen LogP) is 3.94. The number of methoxy groups -OCH3 is 1. The molecule has 0 unspecified atom stereocenters. The molecule has 0 bridgehead atoms. The maximum atomic E-state index is 12.9. The summed E-state index contributed by atoms with van der Waals surface area (Å²) in [5.41, 5.74) is 2.33.